The second-order valence-electron chi connectivity index (χ2n) is 12.7. The molecule has 46 heavy (non-hydrogen) atoms. The van der Waals surface area contributed by atoms with Gasteiger partial charge >= 0.3 is 0 Å². The van der Waals surface area contributed by atoms with E-state index in [4.69, 9.17) is 21.3 Å². The van der Waals surface area contributed by atoms with Gasteiger partial charge in [-0.05, 0) is 77.4 Å². The van der Waals surface area contributed by atoms with Crippen LogP contribution in [0.5, 0.6) is 0 Å². The lowest BCUT2D eigenvalue weighted by atomic mass is 10.0. The Kier molecular flexibility index (Phi) is 9.72. The lowest BCUT2D eigenvalue weighted by Gasteiger charge is -2.36. The Bertz CT molecular complexity index is 1570. The van der Waals surface area contributed by atoms with Crippen molar-refractivity contribution in [1.82, 2.24) is 30.1 Å². The van der Waals surface area contributed by atoms with E-state index in [1.807, 2.05) is 43.3 Å². The van der Waals surface area contributed by atoms with Gasteiger partial charge in [0.05, 0.1) is 28.6 Å². The van der Waals surface area contributed by atoms with Crippen LogP contribution in [-0.2, 0) is 16.1 Å². The third kappa shape index (κ3) is 6.96. The van der Waals surface area contributed by atoms with Gasteiger partial charge in [0.1, 0.15) is 11.9 Å². The molecule has 0 radical (unpaired) electrons. The molecule has 244 valence electrons. The number of halogens is 1. The highest BCUT2D eigenvalue weighted by molar-refractivity contribution is 6.33. The Labute approximate surface area is 275 Å². The summed E-state index contributed by atoms with van der Waals surface area (Å²) >= 11 is 6.52. The molecule has 11 nitrogen and oxygen atoms in total. The average Bonchev–Trinajstić information content (AvgIpc) is 3.41. The number of hydrogen-bond donors (Lipinski definition) is 2. The monoisotopic (exact) mass is 646 g/mol. The number of piperidine rings is 1. The van der Waals surface area contributed by atoms with Crippen molar-refractivity contribution in [1.29, 1.82) is 0 Å². The third-order valence-corrected chi connectivity index (χ3v) is 9.71. The highest BCUT2D eigenvalue weighted by atomic mass is 35.5. The average molecular weight is 647 g/mol. The molecule has 2 unspecified atom stereocenters. The molecule has 3 aliphatic rings. The second kappa shape index (κ2) is 13.9. The van der Waals surface area contributed by atoms with Crippen LogP contribution in [0.25, 0.3) is 11.3 Å². The van der Waals surface area contributed by atoms with Crippen LogP contribution >= 0.6 is 11.6 Å². The van der Waals surface area contributed by atoms with E-state index in [0.717, 1.165) is 61.4 Å². The zero-order valence-corrected chi connectivity index (χ0v) is 27.8. The Morgan fingerprint density at radius 2 is 1.83 bits per heavy atom. The van der Waals surface area contributed by atoms with Crippen molar-refractivity contribution < 1.29 is 14.3 Å². The van der Waals surface area contributed by atoms with Gasteiger partial charge in [0.2, 0.25) is 11.9 Å². The molecule has 0 spiro atoms. The zero-order valence-electron chi connectivity index (χ0n) is 27.0. The predicted molar refractivity (Wildman–Crippen MR) is 179 cm³/mol. The Balaban J connectivity index is 1.10. The zero-order chi connectivity index (χ0) is 32.4. The fourth-order valence-electron chi connectivity index (χ4n) is 6.46. The van der Waals surface area contributed by atoms with Crippen molar-refractivity contribution in [3.8, 4) is 11.3 Å². The normalized spacial score (nSPS) is 18.9. The number of hydrogen-bond acceptors (Lipinski definition) is 9. The fourth-order valence-corrected chi connectivity index (χ4v) is 6.67. The van der Waals surface area contributed by atoms with E-state index in [0.29, 0.717) is 48.0 Å². The Hall–Kier alpha value is -3.80. The molecule has 2 N–H and O–H groups in total. The van der Waals surface area contributed by atoms with Crippen LogP contribution in [-0.4, -0.2) is 95.1 Å². The number of pyridine rings is 1. The number of rotatable bonds is 9. The van der Waals surface area contributed by atoms with Crippen molar-refractivity contribution >= 4 is 35.2 Å². The van der Waals surface area contributed by atoms with Gasteiger partial charge < -0.3 is 30.1 Å². The summed E-state index contributed by atoms with van der Waals surface area (Å²) in [6, 6.07) is 11.4. The molecular formula is C34H43ClN8O3. The molecule has 5 heterocycles. The topological polar surface area (TPSA) is 116 Å². The summed E-state index contributed by atoms with van der Waals surface area (Å²) in [4.78, 5) is 47.2. The van der Waals surface area contributed by atoms with Crippen LogP contribution in [0.4, 0.5) is 11.8 Å². The maximum absolute atomic E-state index is 13.6. The molecule has 12 heteroatoms. The number of nitrogens with zero attached hydrogens (tertiary/aromatic N) is 6. The number of nitrogens with one attached hydrogen (secondary N) is 2. The molecule has 6 rings (SSSR count). The first-order valence-corrected chi connectivity index (χ1v) is 16.6. The van der Waals surface area contributed by atoms with Crippen molar-refractivity contribution in [3.63, 3.8) is 0 Å². The number of carbonyl (C=O) groups is 2. The minimum Gasteiger partial charge on any atom is -0.381 e. The number of aromatic nitrogens is 3. The highest BCUT2D eigenvalue weighted by Gasteiger charge is 2.35. The van der Waals surface area contributed by atoms with Crippen LogP contribution in [0.15, 0.2) is 42.6 Å². The van der Waals surface area contributed by atoms with Gasteiger partial charge in [-0.3, -0.25) is 9.59 Å². The van der Waals surface area contributed by atoms with E-state index < -0.39 is 6.04 Å². The van der Waals surface area contributed by atoms with E-state index in [9.17, 15) is 9.59 Å². The van der Waals surface area contributed by atoms with Crippen molar-refractivity contribution in [2.45, 2.75) is 70.2 Å². The predicted octanol–water partition coefficient (Wildman–Crippen LogP) is 4.54. The van der Waals surface area contributed by atoms with Crippen LogP contribution < -0.4 is 15.5 Å². The van der Waals surface area contributed by atoms with E-state index in [1.54, 1.807) is 18.0 Å². The standard InChI is InChI=1S/C34H43ClN8O3/c1-21(29-6-5-7-30(39-29)42-14-10-26(11-15-42)41(3)4)37-32(44)22(2)43-20-24-9-8-23(18-27(24)33(43)45)31-28(35)19-36-34(40-31)38-25-12-16-46-17-13-25/h5-9,18-19,21-22,25-26H,10-17,20H2,1-4H3,(H,37,44)(H,36,38,40). The Morgan fingerprint density at radius 3 is 2.57 bits per heavy atom. The number of amides is 2. The first-order chi connectivity index (χ1) is 22.2. The van der Waals surface area contributed by atoms with Gasteiger partial charge in [-0.25, -0.2) is 15.0 Å². The minimum absolute atomic E-state index is 0.195. The van der Waals surface area contributed by atoms with E-state index in [1.165, 1.54) is 0 Å². The van der Waals surface area contributed by atoms with Crippen LogP contribution in [0.3, 0.4) is 0 Å². The summed E-state index contributed by atoms with van der Waals surface area (Å²) in [5, 5.41) is 6.86. The van der Waals surface area contributed by atoms with Crippen LogP contribution in [0.2, 0.25) is 5.02 Å². The van der Waals surface area contributed by atoms with Crippen molar-refractivity contribution in [2.75, 3.05) is 50.6 Å². The molecule has 3 aliphatic heterocycles. The molecule has 2 atom stereocenters. The van der Waals surface area contributed by atoms with Gasteiger partial charge in [0.25, 0.3) is 5.91 Å². The quantitative estimate of drug-likeness (QED) is 0.346. The SMILES string of the molecule is CC(NC(=O)C(C)N1Cc2ccc(-c3nc(NC4CCOCC4)ncc3Cl)cc2C1=O)c1cccc(N2CCC(N(C)C)CC2)n1. The minimum atomic E-state index is -0.669. The first-order valence-electron chi connectivity index (χ1n) is 16.2. The summed E-state index contributed by atoms with van der Waals surface area (Å²) < 4.78 is 5.45. The van der Waals surface area contributed by atoms with Gasteiger partial charge in [-0.2, -0.15) is 0 Å². The maximum Gasteiger partial charge on any atom is 0.255 e. The van der Waals surface area contributed by atoms with Gasteiger partial charge in [0.15, 0.2) is 0 Å². The molecular weight excluding hydrogens is 604 g/mol. The number of fused-ring (bicyclic) bond motifs is 1. The second-order valence-corrected chi connectivity index (χ2v) is 13.1. The lowest BCUT2D eigenvalue weighted by molar-refractivity contribution is -0.125. The molecule has 2 amide bonds. The third-order valence-electron chi connectivity index (χ3n) is 9.44. The molecule has 0 aliphatic carbocycles. The number of ether oxygens (including phenoxy) is 1. The molecule has 0 bridgehead atoms. The first kappa shape index (κ1) is 32.2. The lowest BCUT2D eigenvalue weighted by Crippen LogP contribution is -2.46. The summed E-state index contributed by atoms with van der Waals surface area (Å²) in [5.41, 5.74) is 3.47. The summed E-state index contributed by atoms with van der Waals surface area (Å²) in [6.07, 6.45) is 5.54. The van der Waals surface area contributed by atoms with Gasteiger partial charge in [0, 0.05) is 56.1 Å². The molecule has 3 aromatic rings. The van der Waals surface area contributed by atoms with Gasteiger partial charge in [-0.1, -0.05) is 29.8 Å². The van der Waals surface area contributed by atoms with Crippen LogP contribution in [0, 0.1) is 0 Å². The van der Waals surface area contributed by atoms with Crippen molar-refractivity contribution in [3.05, 3.63) is 64.4 Å². The molecule has 2 fully saturated rings. The summed E-state index contributed by atoms with van der Waals surface area (Å²) in [7, 11) is 4.27. The summed E-state index contributed by atoms with van der Waals surface area (Å²) in [6.45, 7) is 7.36. The summed E-state index contributed by atoms with van der Waals surface area (Å²) in [5.74, 6) is 1.00. The van der Waals surface area contributed by atoms with E-state index >= 15 is 0 Å². The van der Waals surface area contributed by atoms with E-state index in [-0.39, 0.29) is 23.9 Å². The molecule has 1 aromatic carbocycles. The number of carbonyl (C=O) groups excluding carboxylic acids is 2. The highest BCUT2D eigenvalue weighted by Crippen LogP contribution is 2.33. The Morgan fingerprint density at radius 1 is 1.07 bits per heavy atom. The molecule has 2 saturated heterocycles. The number of anilines is 2. The maximum atomic E-state index is 13.6. The molecule has 2 aromatic heterocycles. The van der Waals surface area contributed by atoms with Crippen molar-refractivity contribution in [2.24, 2.45) is 0 Å². The van der Waals surface area contributed by atoms with Crippen LogP contribution in [0.1, 0.15) is 67.2 Å². The van der Waals surface area contributed by atoms with E-state index in [2.05, 4.69) is 44.5 Å². The molecule has 0 saturated carbocycles. The van der Waals surface area contributed by atoms with Gasteiger partial charge in [-0.15, -0.1) is 0 Å². The number of benzene rings is 1. The largest absolute Gasteiger partial charge is 0.381 e. The fraction of sp³-hybridized carbons (Fsp3) is 0.500. The smallest absolute Gasteiger partial charge is 0.255 e.